The minimum absolute atomic E-state index is 0.0165. The van der Waals surface area contributed by atoms with Gasteiger partial charge in [-0.15, -0.1) is 11.3 Å². The fourth-order valence-corrected chi connectivity index (χ4v) is 5.21. The van der Waals surface area contributed by atoms with Crippen molar-refractivity contribution in [2.75, 3.05) is 11.6 Å². The average Bonchev–Trinajstić information content (AvgIpc) is 3.52. The summed E-state index contributed by atoms with van der Waals surface area (Å²) >= 11 is 1.46. The topological polar surface area (TPSA) is 84.0 Å². The number of fused-ring (bicyclic) bond motifs is 1. The van der Waals surface area contributed by atoms with Gasteiger partial charge in [-0.2, -0.15) is 0 Å². The fourth-order valence-electron chi connectivity index (χ4n) is 4.33. The van der Waals surface area contributed by atoms with Gasteiger partial charge in [-0.05, 0) is 42.6 Å². The van der Waals surface area contributed by atoms with Crippen molar-refractivity contribution in [3.63, 3.8) is 0 Å². The van der Waals surface area contributed by atoms with E-state index in [1.165, 1.54) is 11.3 Å². The van der Waals surface area contributed by atoms with E-state index in [4.69, 9.17) is 4.74 Å². The predicted molar refractivity (Wildman–Crippen MR) is 122 cm³/mol. The standard InChI is InChI=1S/C25H20N2O5S/c1-15-8-10-16(11-9-15)27-21(28)13-19(22(27)20-7-4-12-33-20)25(31)32-14-26-23(29)17-5-2-3-6-18(17)24(26)30/h2-12,19,22H,13-14H2,1H3/t19-,22-/m0/s1. The van der Waals surface area contributed by atoms with Crippen LogP contribution in [0.15, 0.2) is 66.0 Å². The SMILES string of the molecule is Cc1ccc(N2C(=O)C[C@H](C(=O)OCN3C(=O)c4ccccc4C3=O)[C@H]2c2cccs2)cc1. The fraction of sp³-hybridized carbons (Fsp3) is 0.200. The molecule has 0 bridgehead atoms. The molecule has 2 atom stereocenters. The van der Waals surface area contributed by atoms with Crippen molar-refractivity contribution in [2.24, 2.45) is 5.92 Å². The third-order valence-corrected chi connectivity index (χ3v) is 6.93. The summed E-state index contributed by atoms with van der Waals surface area (Å²) in [6.07, 6.45) is -0.0165. The Bertz CT molecular complexity index is 1220. The average molecular weight is 461 g/mol. The summed E-state index contributed by atoms with van der Waals surface area (Å²) in [5.41, 5.74) is 2.35. The highest BCUT2D eigenvalue weighted by Crippen LogP contribution is 2.43. The first kappa shape index (κ1) is 21.1. The van der Waals surface area contributed by atoms with Crippen LogP contribution in [0.2, 0.25) is 0 Å². The second-order valence-electron chi connectivity index (χ2n) is 8.05. The molecular formula is C25H20N2O5S. The number of aryl methyl sites for hydroxylation is 1. The van der Waals surface area contributed by atoms with E-state index >= 15 is 0 Å². The monoisotopic (exact) mass is 460 g/mol. The number of ether oxygens (including phenoxy) is 1. The van der Waals surface area contributed by atoms with Crippen molar-refractivity contribution in [3.8, 4) is 0 Å². The number of anilines is 1. The van der Waals surface area contributed by atoms with Crippen molar-refractivity contribution in [2.45, 2.75) is 19.4 Å². The smallest absolute Gasteiger partial charge is 0.313 e. The number of carbonyl (C=O) groups is 4. The number of amides is 3. The minimum Gasteiger partial charge on any atom is -0.443 e. The van der Waals surface area contributed by atoms with Crippen molar-refractivity contribution in [1.29, 1.82) is 0 Å². The Morgan fingerprint density at radius 3 is 2.24 bits per heavy atom. The Balaban J connectivity index is 1.37. The van der Waals surface area contributed by atoms with Gasteiger partial charge >= 0.3 is 5.97 Å². The lowest BCUT2D eigenvalue weighted by Crippen LogP contribution is -2.35. The van der Waals surface area contributed by atoms with Gasteiger partial charge in [0.15, 0.2) is 6.73 Å². The van der Waals surface area contributed by atoms with Crippen molar-refractivity contribution < 1.29 is 23.9 Å². The highest BCUT2D eigenvalue weighted by Gasteiger charge is 2.47. The number of thiophene rings is 1. The van der Waals surface area contributed by atoms with E-state index < -0.39 is 36.5 Å². The molecule has 33 heavy (non-hydrogen) atoms. The van der Waals surface area contributed by atoms with Crippen LogP contribution in [0.4, 0.5) is 5.69 Å². The molecule has 0 spiro atoms. The maximum Gasteiger partial charge on any atom is 0.313 e. The van der Waals surface area contributed by atoms with E-state index in [2.05, 4.69) is 0 Å². The largest absolute Gasteiger partial charge is 0.443 e. The second-order valence-corrected chi connectivity index (χ2v) is 9.03. The van der Waals surface area contributed by atoms with Crippen LogP contribution in [0.1, 0.15) is 43.6 Å². The molecule has 2 aromatic carbocycles. The number of nitrogens with zero attached hydrogens (tertiary/aromatic N) is 2. The van der Waals surface area contributed by atoms with Crippen molar-refractivity contribution >= 4 is 40.7 Å². The molecule has 5 rings (SSSR count). The van der Waals surface area contributed by atoms with Crippen LogP contribution in [0, 0.1) is 12.8 Å². The van der Waals surface area contributed by atoms with Crippen molar-refractivity contribution in [1.82, 2.24) is 4.90 Å². The number of hydrogen-bond donors (Lipinski definition) is 0. The van der Waals surface area contributed by atoms with Crippen LogP contribution in [-0.4, -0.2) is 35.3 Å². The summed E-state index contributed by atoms with van der Waals surface area (Å²) in [6.45, 7) is 1.48. The maximum absolute atomic E-state index is 13.1. The van der Waals surface area contributed by atoms with Gasteiger partial charge < -0.3 is 9.64 Å². The van der Waals surface area contributed by atoms with Crippen LogP contribution in [0.5, 0.6) is 0 Å². The molecule has 2 aliphatic rings. The molecule has 3 amide bonds. The summed E-state index contributed by atoms with van der Waals surface area (Å²) in [7, 11) is 0. The van der Waals surface area contributed by atoms with Gasteiger partial charge in [-0.1, -0.05) is 35.9 Å². The molecule has 0 N–H and O–H groups in total. The molecule has 166 valence electrons. The lowest BCUT2D eigenvalue weighted by Gasteiger charge is -2.27. The van der Waals surface area contributed by atoms with E-state index in [9.17, 15) is 19.2 Å². The minimum atomic E-state index is -0.757. The highest BCUT2D eigenvalue weighted by molar-refractivity contribution is 7.10. The van der Waals surface area contributed by atoms with E-state index in [1.807, 2.05) is 48.7 Å². The molecule has 1 aromatic heterocycles. The molecule has 3 heterocycles. The molecule has 2 aliphatic heterocycles. The third kappa shape index (κ3) is 3.62. The molecule has 3 aromatic rings. The first-order chi connectivity index (χ1) is 16.0. The van der Waals surface area contributed by atoms with Gasteiger partial charge in [0.05, 0.1) is 23.1 Å². The molecule has 0 aliphatic carbocycles. The summed E-state index contributed by atoms with van der Waals surface area (Å²) < 4.78 is 5.43. The molecule has 1 saturated heterocycles. The third-order valence-electron chi connectivity index (χ3n) is 5.99. The molecule has 0 radical (unpaired) electrons. The van der Waals surface area contributed by atoms with Gasteiger partial charge in [0, 0.05) is 17.0 Å². The normalized spacial score (nSPS) is 19.8. The number of benzene rings is 2. The van der Waals surface area contributed by atoms with Crippen LogP contribution in [0.25, 0.3) is 0 Å². The zero-order chi connectivity index (χ0) is 23.1. The Kier molecular flexibility index (Phi) is 5.30. The quantitative estimate of drug-likeness (QED) is 0.425. The summed E-state index contributed by atoms with van der Waals surface area (Å²) in [6, 6.07) is 17.3. The highest BCUT2D eigenvalue weighted by atomic mass is 32.1. The predicted octanol–water partition coefficient (Wildman–Crippen LogP) is 3.95. The van der Waals surface area contributed by atoms with Gasteiger partial charge in [-0.25, -0.2) is 4.90 Å². The number of imide groups is 1. The first-order valence-corrected chi connectivity index (χ1v) is 11.4. The van der Waals surface area contributed by atoms with Crippen LogP contribution in [0.3, 0.4) is 0 Å². The Hall–Kier alpha value is -3.78. The molecule has 1 fully saturated rings. The number of carbonyl (C=O) groups excluding carboxylic acids is 4. The van der Waals surface area contributed by atoms with Gasteiger partial charge in [0.2, 0.25) is 5.91 Å². The molecular weight excluding hydrogens is 440 g/mol. The van der Waals surface area contributed by atoms with E-state index in [0.717, 1.165) is 15.3 Å². The molecule has 0 unspecified atom stereocenters. The lowest BCUT2D eigenvalue weighted by atomic mass is 9.99. The zero-order valence-electron chi connectivity index (χ0n) is 17.8. The molecule has 8 heteroatoms. The zero-order valence-corrected chi connectivity index (χ0v) is 18.6. The molecule has 0 saturated carbocycles. The number of rotatable bonds is 5. The first-order valence-electron chi connectivity index (χ1n) is 10.5. The molecule has 7 nitrogen and oxygen atoms in total. The Morgan fingerprint density at radius 2 is 1.64 bits per heavy atom. The van der Waals surface area contributed by atoms with Gasteiger partial charge in [-0.3, -0.25) is 19.2 Å². The second kappa shape index (κ2) is 8.29. The van der Waals surface area contributed by atoms with E-state index in [-0.39, 0.29) is 23.5 Å². The van der Waals surface area contributed by atoms with E-state index in [1.54, 1.807) is 29.2 Å². The van der Waals surface area contributed by atoms with Crippen molar-refractivity contribution in [3.05, 3.63) is 87.6 Å². The lowest BCUT2D eigenvalue weighted by molar-refractivity contribution is -0.151. The van der Waals surface area contributed by atoms with Gasteiger partial charge in [0.1, 0.15) is 0 Å². The maximum atomic E-state index is 13.1. The number of esters is 1. The summed E-state index contributed by atoms with van der Waals surface area (Å²) in [5, 5.41) is 1.90. The Morgan fingerprint density at radius 1 is 0.970 bits per heavy atom. The Labute approximate surface area is 194 Å². The van der Waals surface area contributed by atoms with Crippen LogP contribution >= 0.6 is 11.3 Å². The summed E-state index contributed by atoms with van der Waals surface area (Å²) in [4.78, 5) is 54.7. The van der Waals surface area contributed by atoms with Gasteiger partial charge in [0.25, 0.3) is 11.8 Å². The van der Waals surface area contributed by atoms with E-state index in [0.29, 0.717) is 5.69 Å². The number of hydrogen-bond acceptors (Lipinski definition) is 6. The summed E-state index contributed by atoms with van der Waals surface area (Å²) in [5.74, 6) is -2.55. The van der Waals surface area contributed by atoms with Crippen LogP contribution < -0.4 is 4.90 Å². The van der Waals surface area contributed by atoms with Crippen LogP contribution in [-0.2, 0) is 14.3 Å².